The van der Waals surface area contributed by atoms with Gasteiger partial charge in [0.05, 0.1) is 11.5 Å². The molecule has 3 heterocycles. The maximum Gasteiger partial charge on any atom is 0.267 e. The number of benzene rings is 2. The van der Waals surface area contributed by atoms with Crippen molar-refractivity contribution in [1.29, 1.82) is 0 Å². The van der Waals surface area contributed by atoms with E-state index in [-0.39, 0.29) is 11.5 Å². The lowest BCUT2D eigenvalue weighted by Crippen LogP contribution is -2.32. The van der Waals surface area contributed by atoms with Crippen LogP contribution in [-0.4, -0.2) is 65.9 Å². The normalized spacial score (nSPS) is 16.0. The van der Waals surface area contributed by atoms with Gasteiger partial charge in [-0.15, -0.1) is 0 Å². The van der Waals surface area contributed by atoms with Crippen LogP contribution in [0.3, 0.4) is 0 Å². The third-order valence-corrected chi connectivity index (χ3v) is 8.89. The van der Waals surface area contributed by atoms with Crippen LogP contribution in [0.15, 0.2) is 84.2 Å². The number of hydrogen-bond acceptors (Lipinski definition) is 7. The average molecular weight is 593 g/mol. The fourth-order valence-electron chi connectivity index (χ4n) is 4.95. The first kappa shape index (κ1) is 29.7. The number of carbonyl (C=O) groups is 1. The number of fused-ring (bicyclic) bond motifs is 1. The van der Waals surface area contributed by atoms with Crippen molar-refractivity contribution in [2.75, 3.05) is 26.3 Å². The Morgan fingerprint density at radius 2 is 1.98 bits per heavy atom. The molecule has 2 aromatic carbocycles. The summed E-state index contributed by atoms with van der Waals surface area (Å²) in [6, 6.07) is 16.6. The largest absolute Gasteiger partial charge is 0.395 e. The van der Waals surface area contributed by atoms with Crippen molar-refractivity contribution in [3.8, 4) is 0 Å². The lowest BCUT2D eigenvalue weighted by molar-refractivity contribution is -0.198. The summed E-state index contributed by atoms with van der Waals surface area (Å²) in [7, 11) is -3.81. The molecule has 2 aromatic heterocycles. The summed E-state index contributed by atoms with van der Waals surface area (Å²) in [6.07, 6.45) is 10.8. The SMILES string of the molecule is O=C(C=Cc1ccn(S(=O)(=O)c2ccc(CN(CCO)CCc3c[nH]c4ccccc34)cc2)c1)NOC1CCCCO1. The molecule has 0 spiro atoms. The number of amides is 1. The molecule has 0 aliphatic carbocycles. The van der Waals surface area contributed by atoms with Crippen molar-refractivity contribution in [2.24, 2.45) is 0 Å². The molecule has 1 atom stereocenters. The molecule has 4 aromatic rings. The number of aliphatic hydroxyl groups is 1. The zero-order chi connectivity index (χ0) is 29.4. The van der Waals surface area contributed by atoms with E-state index >= 15 is 0 Å². The molecule has 1 saturated heterocycles. The number of ether oxygens (including phenoxy) is 1. The van der Waals surface area contributed by atoms with Crippen LogP contribution in [0.1, 0.15) is 36.0 Å². The number of hydrogen-bond donors (Lipinski definition) is 3. The van der Waals surface area contributed by atoms with Crippen molar-refractivity contribution in [3.05, 3.63) is 96.0 Å². The van der Waals surface area contributed by atoms with E-state index < -0.39 is 22.2 Å². The number of H-pyrrole nitrogens is 1. The number of aliphatic hydroxyl groups excluding tert-OH is 1. The molecular weight excluding hydrogens is 556 g/mol. The van der Waals surface area contributed by atoms with Gasteiger partial charge in [0, 0.05) is 68.2 Å². The predicted octanol–water partition coefficient (Wildman–Crippen LogP) is 3.83. The molecule has 0 bridgehead atoms. The van der Waals surface area contributed by atoms with Gasteiger partial charge in [0.1, 0.15) is 0 Å². The van der Waals surface area contributed by atoms with Gasteiger partial charge in [-0.2, -0.15) is 0 Å². The van der Waals surface area contributed by atoms with Gasteiger partial charge in [-0.05, 0) is 66.3 Å². The first-order valence-electron chi connectivity index (χ1n) is 14.1. The standard InChI is InChI=1S/C31H36N4O6S/c36-19-18-34(16-15-26-21-32-29-6-2-1-5-28(26)29)22-24-8-11-27(12-9-24)42(38,39)35-17-14-25(23-35)10-13-30(37)33-41-31-7-3-4-20-40-31/h1-2,5-6,8-14,17,21,23,31-32,36H,3-4,7,15-16,18-20,22H2,(H,33,37). The fraction of sp³-hybridized carbons (Fsp3) is 0.323. The van der Waals surface area contributed by atoms with Crippen LogP contribution in [0.2, 0.25) is 0 Å². The second kappa shape index (κ2) is 14.0. The average Bonchev–Trinajstić information content (AvgIpc) is 3.67. The van der Waals surface area contributed by atoms with Crippen LogP contribution in [0.4, 0.5) is 0 Å². The number of para-hydroxylation sites is 1. The highest BCUT2D eigenvalue weighted by atomic mass is 32.2. The number of rotatable bonds is 13. The number of hydroxylamine groups is 1. The predicted molar refractivity (Wildman–Crippen MR) is 160 cm³/mol. The second-order valence-corrected chi connectivity index (χ2v) is 12.1. The first-order chi connectivity index (χ1) is 20.4. The zero-order valence-electron chi connectivity index (χ0n) is 23.3. The quantitative estimate of drug-likeness (QED) is 0.159. The van der Waals surface area contributed by atoms with Gasteiger partial charge < -0.3 is 14.8 Å². The monoisotopic (exact) mass is 592 g/mol. The Hall–Kier alpha value is -3.74. The molecule has 10 nitrogen and oxygen atoms in total. The molecule has 1 unspecified atom stereocenters. The minimum absolute atomic E-state index is 0.0361. The van der Waals surface area contributed by atoms with Crippen LogP contribution in [0, 0.1) is 0 Å². The molecule has 222 valence electrons. The molecule has 42 heavy (non-hydrogen) atoms. The van der Waals surface area contributed by atoms with E-state index in [9.17, 15) is 18.3 Å². The van der Waals surface area contributed by atoms with E-state index in [1.54, 1.807) is 30.3 Å². The molecule has 11 heteroatoms. The van der Waals surface area contributed by atoms with E-state index in [0.29, 0.717) is 25.3 Å². The molecule has 5 rings (SSSR count). The summed E-state index contributed by atoms with van der Waals surface area (Å²) in [5.41, 5.74) is 6.16. The van der Waals surface area contributed by atoms with Crippen LogP contribution >= 0.6 is 0 Å². The van der Waals surface area contributed by atoms with Crippen molar-refractivity contribution in [2.45, 2.75) is 43.4 Å². The molecule has 0 saturated carbocycles. The number of carbonyl (C=O) groups excluding carboxylic acids is 1. The molecule has 1 fully saturated rings. The van der Waals surface area contributed by atoms with Gasteiger partial charge in [0.25, 0.3) is 15.9 Å². The summed E-state index contributed by atoms with van der Waals surface area (Å²) in [5, 5.41) is 10.8. The number of aromatic nitrogens is 2. The van der Waals surface area contributed by atoms with Gasteiger partial charge in [-0.25, -0.2) is 22.7 Å². The minimum atomic E-state index is -3.81. The summed E-state index contributed by atoms with van der Waals surface area (Å²) in [6.45, 7) is 2.49. The van der Waals surface area contributed by atoms with E-state index in [4.69, 9.17) is 9.57 Å². The third-order valence-electron chi connectivity index (χ3n) is 7.24. The second-order valence-electron chi connectivity index (χ2n) is 10.2. The Morgan fingerprint density at radius 1 is 1.14 bits per heavy atom. The van der Waals surface area contributed by atoms with Crippen molar-refractivity contribution >= 4 is 32.9 Å². The summed E-state index contributed by atoms with van der Waals surface area (Å²) in [4.78, 5) is 22.9. The maximum absolute atomic E-state index is 13.2. The Bertz CT molecular complexity index is 1600. The highest BCUT2D eigenvalue weighted by Gasteiger charge is 2.18. The Kier molecular flexibility index (Phi) is 9.88. The van der Waals surface area contributed by atoms with Gasteiger partial charge in [-0.3, -0.25) is 9.69 Å². The number of nitrogens with one attached hydrogen (secondary N) is 2. The van der Waals surface area contributed by atoms with Crippen LogP contribution in [-0.2, 0) is 37.4 Å². The van der Waals surface area contributed by atoms with Crippen molar-refractivity contribution < 1.29 is 27.9 Å². The highest BCUT2D eigenvalue weighted by molar-refractivity contribution is 7.90. The van der Waals surface area contributed by atoms with Crippen LogP contribution in [0.5, 0.6) is 0 Å². The van der Waals surface area contributed by atoms with Crippen molar-refractivity contribution in [3.63, 3.8) is 0 Å². The van der Waals surface area contributed by atoms with Gasteiger partial charge in [-0.1, -0.05) is 30.3 Å². The van der Waals surface area contributed by atoms with Gasteiger partial charge >= 0.3 is 0 Å². The summed E-state index contributed by atoms with van der Waals surface area (Å²) < 4.78 is 33.0. The minimum Gasteiger partial charge on any atom is -0.395 e. The van der Waals surface area contributed by atoms with Gasteiger partial charge in [0.15, 0.2) is 6.29 Å². The summed E-state index contributed by atoms with van der Waals surface area (Å²) >= 11 is 0. The molecular formula is C31H36N4O6S. The lowest BCUT2D eigenvalue weighted by Gasteiger charge is -2.21. The molecule has 1 aliphatic rings. The number of aromatic amines is 1. The smallest absolute Gasteiger partial charge is 0.267 e. The molecule has 1 amide bonds. The van der Waals surface area contributed by atoms with E-state index in [2.05, 4.69) is 27.5 Å². The third kappa shape index (κ3) is 7.55. The maximum atomic E-state index is 13.2. The van der Waals surface area contributed by atoms with E-state index in [1.165, 1.54) is 35.5 Å². The van der Waals surface area contributed by atoms with E-state index in [1.807, 2.05) is 18.3 Å². The molecule has 0 radical (unpaired) electrons. The van der Waals surface area contributed by atoms with Gasteiger partial charge in [0.2, 0.25) is 0 Å². The Labute approximate surface area is 245 Å². The Morgan fingerprint density at radius 3 is 2.76 bits per heavy atom. The molecule has 1 aliphatic heterocycles. The van der Waals surface area contributed by atoms with Crippen molar-refractivity contribution in [1.82, 2.24) is 19.3 Å². The lowest BCUT2D eigenvalue weighted by atomic mass is 10.1. The zero-order valence-corrected chi connectivity index (χ0v) is 24.1. The topological polar surface area (TPSA) is 126 Å². The van der Waals surface area contributed by atoms with Crippen LogP contribution < -0.4 is 5.48 Å². The van der Waals surface area contributed by atoms with E-state index in [0.717, 1.165) is 47.3 Å². The fourth-order valence-corrected chi connectivity index (χ4v) is 6.15. The van der Waals surface area contributed by atoms with Crippen LogP contribution in [0.25, 0.3) is 17.0 Å². The summed E-state index contributed by atoms with van der Waals surface area (Å²) in [5.74, 6) is -0.466. The Balaban J connectivity index is 1.16. The first-order valence-corrected chi connectivity index (χ1v) is 15.5. The number of nitrogens with zero attached hydrogens (tertiary/aromatic N) is 2. The highest BCUT2D eigenvalue weighted by Crippen LogP contribution is 2.20. The molecule has 3 N–H and O–H groups in total.